The number of rotatable bonds is 4. The van der Waals surface area contributed by atoms with Crippen LogP contribution in [0.5, 0.6) is 0 Å². The Kier molecular flexibility index (Phi) is 4.42. The van der Waals surface area contributed by atoms with E-state index in [1.807, 2.05) is 0 Å². The summed E-state index contributed by atoms with van der Waals surface area (Å²) in [4.78, 5) is 0. The van der Waals surface area contributed by atoms with E-state index in [0.29, 0.717) is 16.2 Å². The summed E-state index contributed by atoms with van der Waals surface area (Å²) in [5, 5.41) is 11.2. The van der Waals surface area contributed by atoms with Gasteiger partial charge in [0, 0.05) is 12.6 Å². The molecule has 78 valence electrons. The van der Waals surface area contributed by atoms with Gasteiger partial charge < -0.3 is 5.32 Å². The van der Waals surface area contributed by atoms with Crippen molar-refractivity contribution >= 4 is 28.9 Å². The molecule has 0 fully saturated rings. The van der Waals surface area contributed by atoms with Crippen LogP contribution in [0.2, 0.25) is 10.3 Å². The van der Waals surface area contributed by atoms with E-state index in [9.17, 15) is 0 Å². The van der Waals surface area contributed by atoms with Gasteiger partial charge in [0.05, 0.1) is 5.69 Å². The van der Waals surface area contributed by atoms with Crippen molar-refractivity contribution in [3.05, 3.63) is 16.4 Å². The Morgan fingerprint density at radius 3 is 2.79 bits per heavy atom. The lowest BCUT2D eigenvalue weighted by Gasteiger charge is -2.11. The van der Waals surface area contributed by atoms with Crippen LogP contribution < -0.4 is 5.32 Å². The average Bonchev–Trinajstić information content (AvgIpc) is 2.19. The van der Waals surface area contributed by atoms with Crippen LogP contribution in [0.3, 0.4) is 0 Å². The SMILES string of the molecule is CCC(C)CNc1cc(Cl)nnc1Cl. The molecule has 1 N–H and O–H groups in total. The van der Waals surface area contributed by atoms with Gasteiger partial charge in [-0.2, -0.15) is 0 Å². The first kappa shape index (κ1) is 11.5. The molecule has 0 saturated heterocycles. The highest BCUT2D eigenvalue weighted by Crippen LogP contribution is 2.21. The van der Waals surface area contributed by atoms with Gasteiger partial charge in [0.15, 0.2) is 10.3 Å². The van der Waals surface area contributed by atoms with Gasteiger partial charge in [-0.15, -0.1) is 10.2 Å². The van der Waals surface area contributed by atoms with Crippen molar-refractivity contribution in [3.8, 4) is 0 Å². The molecule has 1 rings (SSSR count). The lowest BCUT2D eigenvalue weighted by Crippen LogP contribution is -2.11. The first-order valence-corrected chi connectivity index (χ1v) is 5.31. The number of hydrogen-bond donors (Lipinski definition) is 1. The molecule has 14 heavy (non-hydrogen) atoms. The van der Waals surface area contributed by atoms with Crippen molar-refractivity contribution in [3.63, 3.8) is 0 Å². The summed E-state index contributed by atoms with van der Waals surface area (Å²) in [5.74, 6) is 0.595. The number of anilines is 1. The molecule has 1 atom stereocenters. The van der Waals surface area contributed by atoms with E-state index in [2.05, 4.69) is 29.4 Å². The van der Waals surface area contributed by atoms with Crippen molar-refractivity contribution in [2.24, 2.45) is 5.92 Å². The molecule has 0 bridgehead atoms. The Labute approximate surface area is 93.8 Å². The minimum Gasteiger partial charge on any atom is -0.382 e. The number of nitrogens with one attached hydrogen (secondary N) is 1. The highest BCUT2D eigenvalue weighted by Gasteiger charge is 2.05. The van der Waals surface area contributed by atoms with Gasteiger partial charge in [-0.25, -0.2) is 0 Å². The first-order valence-electron chi connectivity index (χ1n) is 4.56. The van der Waals surface area contributed by atoms with Crippen molar-refractivity contribution < 1.29 is 0 Å². The van der Waals surface area contributed by atoms with E-state index >= 15 is 0 Å². The third kappa shape index (κ3) is 3.31. The van der Waals surface area contributed by atoms with E-state index in [-0.39, 0.29) is 0 Å². The summed E-state index contributed by atoms with van der Waals surface area (Å²) in [5.41, 5.74) is 0.743. The second kappa shape index (κ2) is 5.37. The Balaban J connectivity index is 2.62. The maximum atomic E-state index is 5.83. The summed E-state index contributed by atoms with van der Waals surface area (Å²) >= 11 is 11.5. The number of aromatic nitrogens is 2. The van der Waals surface area contributed by atoms with Crippen molar-refractivity contribution in [2.45, 2.75) is 20.3 Å². The molecule has 1 heterocycles. The Morgan fingerprint density at radius 2 is 2.14 bits per heavy atom. The molecular weight excluding hydrogens is 221 g/mol. The molecular formula is C9H13Cl2N3. The number of nitrogens with zero attached hydrogens (tertiary/aromatic N) is 2. The van der Waals surface area contributed by atoms with Gasteiger partial charge in [0.2, 0.25) is 0 Å². The summed E-state index contributed by atoms with van der Waals surface area (Å²) in [7, 11) is 0. The lowest BCUT2D eigenvalue weighted by atomic mass is 10.1. The van der Waals surface area contributed by atoms with Crippen LogP contribution in [0, 0.1) is 5.92 Å². The van der Waals surface area contributed by atoms with E-state index in [0.717, 1.165) is 18.7 Å². The van der Waals surface area contributed by atoms with Gasteiger partial charge in [0.25, 0.3) is 0 Å². The molecule has 5 heteroatoms. The van der Waals surface area contributed by atoms with Crippen LogP contribution in [-0.2, 0) is 0 Å². The standard InChI is InChI=1S/C9H13Cl2N3/c1-3-6(2)5-12-7-4-8(10)13-14-9(7)11/h4,6H,3,5H2,1-2H3,(H,12,13). The Morgan fingerprint density at radius 1 is 1.43 bits per heavy atom. The molecule has 1 aromatic rings. The van der Waals surface area contributed by atoms with Gasteiger partial charge >= 0.3 is 0 Å². The highest BCUT2D eigenvalue weighted by molar-refractivity contribution is 6.33. The van der Waals surface area contributed by atoms with E-state index in [1.165, 1.54) is 0 Å². The third-order valence-corrected chi connectivity index (χ3v) is 2.52. The smallest absolute Gasteiger partial charge is 0.174 e. The van der Waals surface area contributed by atoms with Gasteiger partial charge in [-0.1, -0.05) is 43.5 Å². The molecule has 0 aromatic carbocycles. The lowest BCUT2D eigenvalue weighted by molar-refractivity contribution is 0.593. The molecule has 0 amide bonds. The van der Waals surface area contributed by atoms with Gasteiger partial charge in [0.1, 0.15) is 0 Å². The molecule has 1 aromatic heterocycles. The molecule has 0 aliphatic rings. The van der Waals surface area contributed by atoms with Gasteiger partial charge in [-0.3, -0.25) is 0 Å². The van der Waals surface area contributed by atoms with Crippen LogP contribution in [0.25, 0.3) is 0 Å². The van der Waals surface area contributed by atoms with Crippen molar-refractivity contribution in [2.75, 3.05) is 11.9 Å². The van der Waals surface area contributed by atoms with E-state index in [1.54, 1.807) is 6.07 Å². The minimum atomic E-state index is 0.348. The predicted octanol–water partition coefficient (Wildman–Crippen LogP) is 3.24. The first-order chi connectivity index (χ1) is 6.63. The fourth-order valence-electron chi connectivity index (χ4n) is 0.906. The Hall–Kier alpha value is -0.540. The van der Waals surface area contributed by atoms with Crippen LogP contribution in [0.4, 0.5) is 5.69 Å². The molecule has 1 unspecified atom stereocenters. The normalized spacial score (nSPS) is 12.6. The predicted molar refractivity (Wildman–Crippen MR) is 60.0 cm³/mol. The topological polar surface area (TPSA) is 37.8 Å². The Bertz CT molecular complexity index is 304. The fraction of sp³-hybridized carbons (Fsp3) is 0.556. The third-order valence-electron chi connectivity index (χ3n) is 2.06. The van der Waals surface area contributed by atoms with Crippen LogP contribution in [0.15, 0.2) is 6.07 Å². The monoisotopic (exact) mass is 233 g/mol. The molecule has 0 radical (unpaired) electrons. The van der Waals surface area contributed by atoms with Crippen LogP contribution in [-0.4, -0.2) is 16.7 Å². The second-order valence-electron chi connectivity index (χ2n) is 3.27. The quantitative estimate of drug-likeness (QED) is 0.868. The summed E-state index contributed by atoms with van der Waals surface area (Å²) < 4.78 is 0. The number of halogens is 2. The van der Waals surface area contributed by atoms with Crippen molar-refractivity contribution in [1.29, 1.82) is 0 Å². The summed E-state index contributed by atoms with van der Waals surface area (Å²) in [6.45, 7) is 5.17. The largest absolute Gasteiger partial charge is 0.382 e. The maximum Gasteiger partial charge on any atom is 0.174 e. The van der Waals surface area contributed by atoms with Crippen molar-refractivity contribution in [1.82, 2.24) is 10.2 Å². The molecule has 0 aliphatic heterocycles. The van der Waals surface area contributed by atoms with E-state index < -0.39 is 0 Å². The minimum absolute atomic E-state index is 0.348. The fourth-order valence-corrected chi connectivity index (χ4v) is 1.21. The summed E-state index contributed by atoms with van der Waals surface area (Å²) in [6, 6.07) is 1.68. The second-order valence-corrected chi connectivity index (χ2v) is 4.01. The molecule has 3 nitrogen and oxygen atoms in total. The molecule has 0 saturated carbocycles. The molecule has 0 aliphatic carbocycles. The zero-order chi connectivity index (χ0) is 10.6. The zero-order valence-electron chi connectivity index (χ0n) is 8.22. The zero-order valence-corrected chi connectivity index (χ0v) is 9.73. The summed E-state index contributed by atoms with van der Waals surface area (Å²) in [6.07, 6.45) is 1.12. The van der Waals surface area contributed by atoms with Gasteiger partial charge in [-0.05, 0) is 5.92 Å². The number of hydrogen-bond acceptors (Lipinski definition) is 3. The van der Waals surface area contributed by atoms with E-state index in [4.69, 9.17) is 23.2 Å². The highest BCUT2D eigenvalue weighted by atomic mass is 35.5. The van der Waals surface area contributed by atoms with Crippen LogP contribution in [0.1, 0.15) is 20.3 Å². The van der Waals surface area contributed by atoms with Crippen LogP contribution >= 0.6 is 23.2 Å². The molecule has 0 spiro atoms. The maximum absolute atomic E-state index is 5.83. The average molecular weight is 234 g/mol.